The van der Waals surface area contributed by atoms with Crippen LogP contribution in [0.15, 0.2) is 24.3 Å². The highest BCUT2D eigenvalue weighted by Crippen LogP contribution is 2.39. The summed E-state index contributed by atoms with van der Waals surface area (Å²) >= 11 is 0. The van der Waals surface area contributed by atoms with Crippen LogP contribution in [0.4, 0.5) is 0 Å². The molecule has 19 heavy (non-hydrogen) atoms. The highest BCUT2D eigenvalue weighted by Gasteiger charge is 2.35. The maximum absolute atomic E-state index is 9.94. The molecule has 106 valence electrons. The number of hydrogen-bond donors (Lipinski definition) is 1. The van der Waals surface area contributed by atoms with Crippen molar-refractivity contribution >= 4 is 0 Å². The number of fused-ring (bicyclic) bond motifs is 1. The molecule has 0 aromatic heterocycles. The summed E-state index contributed by atoms with van der Waals surface area (Å²) in [6.45, 7) is 4.02. The standard InChI is InChI=1S/C17H26O2/c1-2-3-12-19-13-11-17(14-18)10-6-8-15-7-4-5-9-16(15)17/h4-5,7,9,18H,2-3,6,8,10-14H2,1H3. The summed E-state index contributed by atoms with van der Waals surface area (Å²) in [5.41, 5.74) is 2.69. The Morgan fingerprint density at radius 1 is 1.26 bits per heavy atom. The van der Waals surface area contributed by atoms with E-state index in [4.69, 9.17) is 4.74 Å². The van der Waals surface area contributed by atoms with Gasteiger partial charge in [-0.05, 0) is 43.2 Å². The first-order chi connectivity index (χ1) is 9.32. The fourth-order valence-electron chi connectivity index (χ4n) is 3.13. The van der Waals surface area contributed by atoms with Gasteiger partial charge in [0.25, 0.3) is 0 Å². The first-order valence-corrected chi connectivity index (χ1v) is 7.59. The molecule has 1 aromatic carbocycles. The van der Waals surface area contributed by atoms with Crippen LogP contribution in [0.5, 0.6) is 0 Å². The Hall–Kier alpha value is -0.860. The van der Waals surface area contributed by atoms with E-state index >= 15 is 0 Å². The van der Waals surface area contributed by atoms with Gasteiger partial charge in [0.1, 0.15) is 0 Å². The molecule has 0 radical (unpaired) electrons. The Morgan fingerprint density at radius 3 is 2.89 bits per heavy atom. The molecule has 0 heterocycles. The number of rotatable bonds is 7. The molecule has 0 aliphatic heterocycles. The number of ether oxygens (including phenoxy) is 1. The molecule has 0 spiro atoms. The van der Waals surface area contributed by atoms with Crippen LogP contribution in [-0.2, 0) is 16.6 Å². The molecule has 2 heteroatoms. The molecule has 1 aromatic rings. The van der Waals surface area contributed by atoms with Crippen molar-refractivity contribution in [1.82, 2.24) is 0 Å². The Labute approximate surface area is 116 Å². The van der Waals surface area contributed by atoms with E-state index in [1.54, 1.807) is 0 Å². The van der Waals surface area contributed by atoms with Gasteiger partial charge in [-0.25, -0.2) is 0 Å². The topological polar surface area (TPSA) is 29.5 Å². The zero-order valence-corrected chi connectivity index (χ0v) is 12.0. The summed E-state index contributed by atoms with van der Waals surface area (Å²) in [5, 5.41) is 9.94. The van der Waals surface area contributed by atoms with Gasteiger partial charge in [0.2, 0.25) is 0 Å². The quantitative estimate of drug-likeness (QED) is 0.763. The Kier molecular flexibility index (Phi) is 5.41. The molecule has 1 aliphatic rings. The smallest absolute Gasteiger partial charge is 0.0528 e. The van der Waals surface area contributed by atoms with Crippen LogP contribution in [0.1, 0.15) is 50.2 Å². The van der Waals surface area contributed by atoms with Crippen LogP contribution in [-0.4, -0.2) is 24.9 Å². The van der Waals surface area contributed by atoms with E-state index in [1.807, 2.05) is 0 Å². The van der Waals surface area contributed by atoms with Crippen molar-refractivity contribution in [2.75, 3.05) is 19.8 Å². The fourth-order valence-corrected chi connectivity index (χ4v) is 3.13. The Morgan fingerprint density at radius 2 is 2.11 bits per heavy atom. The minimum atomic E-state index is -0.0684. The van der Waals surface area contributed by atoms with Gasteiger partial charge in [-0.3, -0.25) is 0 Å². The minimum Gasteiger partial charge on any atom is -0.395 e. The molecule has 1 atom stereocenters. The minimum absolute atomic E-state index is 0.0684. The summed E-state index contributed by atoms with van der Waals surface area (Å²) in [7, 11) is 0. The highest BCUT2D eigenvalue weighted by atomic mass is 16.5. The highest BCUT2D eigenvalue weighted by molar-refractivity contribution is 5.37. The normalized spacial score (nSPS) is 22.2. The van der Waals surface area contributed by atoms with Gasteiger partial charge in [-0.15, -0.1) is 0 Å². The van der Waals surface area contributed by atoms with Gasteiger partial charge in [-0.2, -0.15) is 0 Å². The third-order valence-corrected chi connectivity index (χ3v) is 4.36. The van der Waals surface area contributed by atoms with Crippen molar-refractivity contribution in [3.63, 3.8) is 0 Å². The number of aliphatic hydroxyl groups is 1. The van der Waals surface area contributed by atoms with Crippen LogP contribution in [0.25, 0.3) is 0 Å². The van der Waals surface area contributed by atoms with Crippen molar-refractivity contribution in [3.05, 3.63) is 35.4 Å². The van der Waals surface area contributed by atoms with Crippen molar-refractivity contribution in [2.24, 2.45) is 0 Å². The lowest BCUT2D eigenvalue weighted by Gasteiger charge is -2.38. The SMILES string of the molecule is CCCCOCCC1(CO)CCCc2ccccc21. The first kappa shape index (κ1) is 14.5. The molecular formula is C17H26O2. The molecular weight excluding hydrogens is 236 g/mol. The average molecular weight is 262 g/mol. The molecule has 1 N–H and O–H groups in total. The van der Waals surface area contributed by atoms with E-state index in [1.165, 1.54) is 24.0 Å². The lowest BCUT2D eigenvalue weighted by Crippen LogP contribution is -2.36. The number of unbranched alkanes of at least 4 members (excludes halogenated alkanes) is 1. The zero-order valence-electron chi connectivity index (χ0n) is 12.0. The third-order valence-electron chi connectivity index (χ3n) is 4.36. The van der Waals surface area contributed by atoms with Crippen molar-refractivity contribution in [1.29, 1.82) is 0 Å². The molecule has 0 fully saturated rings. The van der Waals surface area contributed by atoms with Gasteiger partial charge < -0.3 is 9.84 Å². The molecule has 2 rings (SSSR count). The van der Waals surface area contributed by atoms with Gasteiger partial charge in [0, 0.05) is 18.6 Å². The molecule has 0 bridgehead atoms. The molecule has 0 amide bonds. The largest absolute Gasteiger partial charge is 0.395 e. The molecule has 0 saturated carbocycles. The van der Waals surface area contributed by atoms with Gasteiger partial charge >= 0.3 is 0 Å². The second-order valence-electron chi connectivity index (χ2n) is 5.67. The maximum atomic E-state index is 9.94. The summed E-state index contributed by atoms with van der Waals surface area (Å²) in [6, 6.07) is 8.59. The number of aryl methyl sites for hydroxylation is 1. The summed E-state index contributed by atoms with van der Waals surface area (Å²) in [4.78, 5) is 0. The lowest BCUT2D eigenvalue weighted by molar-refractivity contribution is 0.0841. The molecule has 0 saturated heterocycles. The lowest BCUT2D eigenvalue weighted by atomic mass is 9.68. The van der Waals surface area contributed by atoms with Gasteiger partial charge in [-0.1, -0.05) is 37.6 Å². The van der Waals surface area contributed by atoms with Crippen LogP contribution < -0.4 is 0 Å². The second-order valence-corrected chi connectivity index (χ2v) is 5.67. The Balaban J connectivity index is 2.02. The predicted octanol–water partition coefficient (Wildman–Crippen LogP) is 3.46. The number of benzene rings is 1. The van der Waals surface area contributed by atoms with Crippen molar-refractivity contribution in [3.8, 4) is 0 Å². The number of aliphatic hydroxyl groups excluding tert-OH is 1. The first-order valence-electron chi connectivity index (χ1n) is 7.59. The molecule has 2 nitrogen and oxygen atoms in total. The van der Waals surface area contributed by atoms with Gasteiger partial charge in [0.05, 0.1) is 6.61 Å². The summed E-state index contributed by atoms with van der Waals surface area (Å²) < 4.78 is 5.71. The molecule has 1 aliphatic carbocycles. The van der Waals surface area contributed by atoms with E-state index in [9.17, 15) is 5.11 Å². The maximum Gasteiger partial charge on any atom is 0.0528 e. The summed E-state index contributed by atoms with van der Waals surface area (Å²) in [6.07, 6.45) is 6.64. The predicted molar refractivity (Wildman–Crippen MR) is 78.5 cm³/mol. The van der Waals surface area contributed by atoms with E-state index in [0.717, 1.165) is 38.9 Å². The number of hydrogen-bond acceptors (Lipinski definition) is 2. The van der Waals surface area contributed by atoms with E-state index < -0.39 is 0 Å². The average Bonchev–Trinajstić information content (AvgIpc) is 2.47. The monoisotopic (exact) mass is 262 g/mol. The van der Waals surface area contributed by atoms with Gasteiger partial charge in [0.15, 0.2) is 0 Å². The third kappa shape index (κ3) is 3.37. The second kappa shape index (κ2) is 7.06. The van der Waals surface area contributed by atoms with Crippen LogP contribution in [0.2, 0.25) is 0 Å². The summed E-state index contributed by atoms with van der Waals surface area (Å²) in [5.74, 6) is 0. The van der Waals surface area contributed by atoms with E-state index in [-0.39, 0.29) is 12.0 Å². The van der Waals surface area contributed by atoms with Crippen LogP contribution >= 0.6 is 0 Å². The van der Waals surface area contributed by atoms with Crippen LogP contribution in [0, 0.1) is 0 Å². The van der Waals surface area contributed by atoms with Crippen molar-refractivity contribution < 1.29 is 9.84 Å². The fraction of sp³-hybridized carbons (Fsp3) is 0.647. The zero-order chi connectivity index (χ0) is 13.6. The van der Waals surface area contributed by atoms with Crippen molar-refractivity contribution in [2.45, 2.75) is 50.9 Å². The Bertz CT molecular complexity index is 389. The molecule has 1 unspecified atom stereocenters. The van der Waals surface area contributed by atoms with E-state index in [2.05, 4.69) is 31.2 Å². The van der Waals surface area contributed by atoms with Crippen LogP contribution in [0.3, 0.4) is 0 Å². The van der Waals surface area contributed by atoms with E-state index in [0.29, 0.717) is 0 Å².